The van der Waals surface area contributed by atoms with Gasteiger partial charge in [-0.3, -0.25) is 15.2 Å². The molecule has 3 nitrogen and oxygen atoms in total. The molecule has 2 N–H and O–H groups in total. The summed E-state index contributed by atoms with van der Waals surface area (Å²) in [6.07, 6.45) is 0. The van der Waals surface area contributed by atoms with Crippen LogP contribution in [0.3, 0.4) is 0 Å². The van der Waals surface area contributed by atoms with Crippen molar-refractivity contribution in [3.05, 3.63) is 34.6 Å². The molecule has 0 aromatic heterocycles. The van der Waals surface area contributed by atoms with E-state index in [9.17, 15) is 4.39 Å². The molecule has 1 aromatic rings. The third-order valence-corrected chi connectivity index (χ3v) is 2.89. The number of likely N-dealkylation sites (N-methyl/N-ethyl adjacent to an activating group) is 1. The quantitative estimate of drug-likeness (QED) is 0.762. The van der Waals surface area contributed by atoms with Crippen LogP contribution in [0, 0.1) is 5.82 Å². The molecular formula is C11H14ClFN3+. The van der Waals surface area contributed by atoms with Gasteiger partial charge in [0.15, 0.2) is 0 Å². The smallest absolute Gasteiger partial charge is 0.275 e. The molecule has 2 rings (SSSR count). The Labute approximate surface area is 98.9 Å². The van der Waals surface area contributed by atoms with Gasteiger partial charge in [-0.2, -0.15) is 0 Å². The Hall–Kier alpha value is -1.29. The van der Waals surface area contributed by atoms with Crippen molar-refractivity contribution in [2.45, 2.75) is 6.54 Å². The number of hydrogen-bond acceptors (Lipinski definition) is 2. The first kappa shape index (κ1) is 11.2. The Balaban J connectivity index is 2.05. The van der Waals surface area contributed by atoms with Crippen LogP contribution in [0.2, 0.25) is 5.02 Å². The molecule has 0 radical (unpaired) electrons. The van der Waals surface area contributed by atoms with Crippen molar-refractivity contribution in [3.63, 3.8) is 0 Å². The van der Waals surface area contributed by atoms with Crippen molar-refractivity contribution in [3.8, 4) is 0 Å². The Morgan fingerprint density at radius 3 is 3.06 bits per heavy atom. The maximum Gasteiger partial charge on any atom is 0.346 e. The highest BCUT2D eigenvalue weighted by molar-refractivity contribution is 6.30. The van der Waals surface area contributed by atoms with Gasteiger partial charge < -0.3 is 0 Å². The minimum Gasteiger partial charge on any atom is -0.275 e. The van der Waals surface area contributed by atoms with Crippen molar-refractivity contribution in [1.29, 1.82) is 0 Å². The van der Waals surface area contributed by atoms with E-state index in [1.165, 1.54) is 0 Å². The maximum atomic E-state index is 13.6. The molecule has 5 heteroatoms. The minimum atomic E-state index is -0.349. The molecule has 16 heavy (non-hydrogen) atoms. The third-order valence-electron chi connectivity index (χ3n) is 2.60. The van der Waals surface area contributed by atoms with Crippen LogP contribution < -0.4 is 10.6 Å². The summed E-state index contributed by atoms with van der Waals surface area (Å²) >= 11 is 5.70. The molecule has 1 heterocycles. The number of halogens is 2. The second kappa shape index (κ2) is 4.70. The molecule has 0 saturated carbocycles. The van der Waals surface area contributed by atoms with Gasteiger partial charge in [0.05, 0.1) is 31.7 Å². The Bertz CT molecular complexity index is 431. The number of guanidine groups is 1. The van der Waals surface area contributed by atoms with E-state index in [0.29, 0.717) is 12.1 Å². The summed E-state index contributed by atoms with van der Waals surface area (Å²) in [6, 6.07) is 5.02. The molecule has 0 fully saturated rings. The van der Waals surface area contributed by atoms with Gasteiger partial charge in [0.1, 0.15) is 5.82 Å². The average Bonchev–Trinajstić information content (AvgIpc) is 2.67. The second-order valence-corrected chi connectivity index (χ2v) is 4.17. The molecule has 0 saturated heterocycles. The summed E-state index contributed by atoms with van der Waals surface area (Å²) in [6.45, 7) is 2.30. The summed E-state index contributed by atoms with van der Waals surface area (Å²) in [5.41, 5.74) is 0.571. The zero-order valence-corrected chi connectivity index (χ0v) is 9.81. The first-order valence-corrected chi connectivity index (χ1v) is 5.55. The molecule has 1 aliphatic heterocycles. The van der Waals surface area contributed by atoms with Gasteiger partial charge in [-0.25, -0.2) is 4.39 Å². The van der Waals surface area contributed by atoms with Crippen molar-refractivity contribution in [2.24, 2.45) is 0 Å². The number of hydrogen-bond donors (Lipinski definition) is 2. The summed E-state index contributed by atoms with van der Waals surface area (Å²) in [7, 11) is 1.98. The molecule has 86 valence electrons. The number of nitrogens with one attached hydrogen (secondary N) is 2. The van der Waals surface area contributed by atoms with E-state index in [2.05, 4.69) is 15.2 Å². The minimum absolute atomic E-state index is 0.164. The lowest BCUT2D eigenvalue weighted by Gasteiger charge is -2.04. The van der Waals surface area contributed by atoms with Crippen LogP contribution in [-0.4, -0.2) is 30.7 Å². The largest absolute Gasteiger partial charge is 0.346 e. The van der Waals surface area contributed by atoms with Gasteiger partial charge in [0.25, 0.3) is 0 Å². The van der Waals surface area contributed by atoms with E-state index in [-0.39, 0.29) is 10.8 Å². The molecule has 0 aliphatic carbocycles. The molecule has 0 atom stereocenters. The van der Waals surface area contributed by atoms with Crippen LogP contribution in [0.5, 0.6) is 0 Å². The van der Waals surface area contributed by atoms with Crippen LogP contribution in [-0.2, 0) is 6.54 Å². The normalized spacial score (nSPS) is 15.2. The van der Waals surface area contributed by atoms with E-state index in [1.54, 1.807) is 18.2 Å². The summed E-state index contributed by atoms with van der Waals surface area (Å²) in [5, 5.41) is 6.50. The standard InChI is InChI=1S/C11H13ClFN3/c1-16-6-5-14-11(16)15-7-8-3-2-4-9(12)10(8)13/h2-4H,5-7H2,1H3,(H,14,15)/p+1. The second-order valence-electron chi connectivity index (χ2n) is 3.76. The molecule has 1 aromatic carbocycles. The first-order chi connectivity index (χ1) is 7.68. The average molecular weight is 243 g/mol. The monoisotopic (exact) mass is 242 g/mol. The number of nitrogens with zero attached hydrogens (tertiary/aromatic N) is 1. The van der Waals surface area contributed by atoms with Crippen molar-refractivity contribution in [2.75, 3.05) is 20.1 Å². The Morgan fingerprint density at radius 1 is 1.56 bits per heavy atom. The highest BCUT2D eigenvalue weighted by Crippen LogP contribution is 2.17. The molecule has 0 amide bonds. The Kier molecular flexibility index (Phi) is 3.29. The van der Waals surface area contributed by atoms with E-state index in [0.717, 1.165) is 19.0 Å². The highest BCUT2D eigenvalue weighted by atomic mass is 35.5. The highest BCUT2D eigenvalue weighted by Gasteiger charge is 2.17. The lowest BCUT2D eigenvalue weighted by Crippen LogP contribution is -2.36. The fourth-order valence-electron chi connectivity index (χ4n) is 1.65. The zero-order chi connectivity index (χ0) is 11.5. The first-order valence-electron chi connectivity index (χ1n) is 5.17. The topological polar surface area (TPSA) is 27.1 Å². The predicted octanol–water partition coefficient (Wildman–Crippen LogP) is 1.17. The van der Waals surface area contributed by atoms with Gasteiger partial charge in [0.2, 0.25) is 0 Å². The molecule has 0 bridgehead atoms. The van der Waals surface area contributed by atoms with Crippen LogP contribution in [0.4, 0.5) is 4.39 Å². The Morgan fingerprint density at radius 2 is 2.38 bits per heavy atom. The fourth-order valence-corrected chi connectivity index (χ4v) is 1.84. The zero-order valence-electron chi connectivity index (χ0n) is 9.06. The van der Waals surface area contributed by atoms with E-state index in [4.69, 9.17) is 11.6 Å². The van der Waals surface area contributed by atoms with Gasteiger partial charge in [-0.15, -0.1) is 0 Å². The van der Waals surface area contributed by atoms with Crippen LogP contribution in [0.25, 0.3) is 0 Å². The van der Waals surface area contributed by atoms with Gasteiger partial charge >= 0.3 is 5.96 Å². The van der Waals surface area contributed by atoms with Crippen molar-refractivity contribution in [1.82, 2.24) is 10.6 Å². The van der Waals surface area contributed by atoms with Crippen molar-refractivity contribution < 1.29 is 8.97 Å². The van der Waals surface area contributed by atoms with Gasteiger partial charge in [-0.05, 0) is 6.07 Å². The molecular weight excluding hydrogens is 229 g/mol. The number of rotatable bonds is 2. The lowest BCUT2D eigenvalue weighted by atomic mass is 10.2. The van der Waals surface area contributed by atoms with E-state index in [1.807, 2.05) is 7.05 Å². The van der Waals surface area contributed by atoms with Crippen LogP contribution in [0.1, 0.15) is 5.56 Å². The number of benzene rings is 1. The predicted molar refractivity (Wildman–Crippen MR) is 62.3 cm³/mol. The lowest BCUT2D eigenvalue weighted by molar-refractivity contribution is -0.488. The molecule has 1 aliphatic rings. The summed E-state index contributed by atoms with van der Waals surface area (Å²) in [4.78, 5) is 0. The summed E-state index contributed by atoms with van der Waals surface area (Å²) < 4.78 is 15.6. The third kappa shape index (κ3) is 2.27. The van der Waals surface area contributed by atoms with Crippen molar-refractivity contribution >= 4 is 17.6 Å². The molecule has 0 spiro atoms. The molecule has 0 unspecified atom stereocenters. The van der Waals surface area contributed by atoms with Gasteiger partial charge in [-0.1, -0.05) is 23.7 Å². The SMILES string of the molecule is C[N+]1=C(NCc2cccc(Cl)c2F)NCC1. The van der Waals surface area contributed by atoms with E-state index >= 15 is 0 Å². The van der Waals surface area contributed by atoms with Crippen LogP contribution in [0.15, 0.2) is 18.2 Å². The van der Waals surface area contributed by atoms with Gasteiger partial charge in [0, 0.05) is 5.56 Å². The van der Waals surface area contributed by atoms with Crippen LogP contribution >= 0.6 is 11.6 Å². The van der Waals surface area contributed by atoms with E-state index < -0.39 is 0 Å². The fraction of sp³-hybridized carbons (Fsp3) is 0.364. The summed E-state index contributed by atoms with van der Waals surface area (Å²) in [5.74, 6) is 0.581. The maximum absolute atomic E-state index is 13.6.